The Balaban J connectivity index is 1.71. The summed E-state index contributed by atoms with van der Waals surface area (Å²) < 4.78 is 5.43. The first-order valence-corrected chi connectivity index (χ1v) is 9.39. The number of aromatic hydroxyl groups is 4. The van der Waals surface area contributed by atoms with E-state index in [1.165, 1.54) is 29.2 Å². The molecule has 0 aromatic heterocycles. The molecule has 0 bridgehead atoms. The van der Waals surface area contributed by atoms with Gasteiger partial charge in [0.15, 0.2) is 23.0 Å². The fourth-order valence-corrected chi connectivity index (χ4v) is 2.92. The summed E-state index contributed by atoms with van der Waals surface area (Å²) in [5.41, 5.74) is 2.21. The average Bonchev–Trinajstić information content (AvgIpc) is 2.75. The van der Waals surface area contributed by atoms with Gasteiger partial charge in [-0.15, -0.1) is 0 Å². The maximum atomic E-state index is 12.7. The summed E-state index contributed by atoms with van der Waals surface area (Å²) in [6, 6.07) is 18.2. The molecule has 0 aliphatic rings. The van der Waals surface area contributed by atoms with Crippen molar-refractivity contribution >= 4 is 6.09 Å². The third-order valence-electron chi connectivity index (χ3n) is 4.59. The van der Waals surface area contributed by atoms with E-state index >= 15 is 0 Å². The van der Waals surface area contributed by atoms with Gasteiger partial charge in [0.25, 0.3) is 0 Å². The van der Waals surface area contributed by atoms with Crippen molar-refractivity contribution in [2.45, 2.75) is 19.6 Å². The lowest BCUT2D eigenvalue weighted by Crippen LogP contribution is -2.33. The summed E-state index contributed by atoms with van der Waals surface area (Å²) in [6.07, 6.45) is -0.118. The SMILES string of the molecule is O=C(OCc1ccccc1)N(CCc1ccc(O)c(O)c1)Cc1ccc(O)c(O)c1. The molecule has 0 saturated carbocycles. The average molecular weight is 409 g/mol. The number of nitrogens with zero attached hydrogens (tertiary/aromatic N) is 1. The molecule has 4 N–H and O–H groups in total. The van der Waals surface area contributed by atoms with E-state index < -0.39 is 6.09 Å². The standard InChI is InChI=1S/C23H23NO6/c25-19-8-6-16(12-21(19)27)10-11-24(14-18-7-9-20(26)22(28)13-18)23(29)30-15-17-4-2-1-3-5-17/h1-9,12-13,25-28H,10-11,14-15H2. The molecule has 0 unspecified atom stereocenters. The lowest BCUT2D eigenvalue weighted by molar-refractivity contribution is 0.0940. The normalized spacial score (nSPS) is 10.5. The number of carbonyl (C=O) groups is 1. The van der Waals surface area contributed by atoms with E-state index in [-0.39, 0.29) is 42.7 Å². The summed E-state index contributed by atoms with van der Waals surface area (Å²) in [6.45, 7) is 0.558. The van der Waals surface area contributed by atoms with Crippen LogP contribution in [0.5, 0.6) is 23.0 Å². The second kappa shape index (κ2) is 9.56. The summed E-state index contributed by atoms with van der Waals surface area (Å²) >= 11 is 0. The molecule has 0 aliphatic carbocycles. The van der Waals surface area contributed by atoms with Crippen molar-refractivity contribution in [1.82, 2.24) is 4.90 Å². The van der Waals surface area contributed by atoms with Crippen molar-refractivity contribution in [3.05, 3.63) is 83.4 Å². The van der Waals surface area contributed by atoms with Crippen molar-refractivity contribution in [2.75, 3.05) is 6.54 Å². The van der Waals surface area contributed by atoms with Crippen LogP contribution < -0.4 is 0 Å². The number of rotatable bonds is 7. The van der Waals surface area contributed by atoms with Gasteiger partial charge < -0.3 is 30.1 Å². The van der Waals surface area contributed by atoms with E-state index in [1.54, 1.807) is 12.1 Å². The Morgan fingerprint density at radius 2 is 1.33 bits per heavy atom. The monoisotopic (exact) mass is 409 g/mol. The quantitative estimate of drug-likeness (QED) is 0.441. The van der Waals surface area contributed by atoms with Crippen molar-refractivity contribution in [1.29, 1.82) is 0 Å². The molecule has 0 atom stereocenters. The van der Waals surface area contributed by atoms with E-state index in [4.69, 9.17) is 4.74 Å². The Kier molecular flexibility index (Phi) is 6.64. The Labute approximate surface area is 174 Å². The van der Waals surface area contributed by atoms with Gasteiger partial charge in [-0.2, -0.15) is 0 Å². The molecule has 3 aromatic carbocycles. The number of benzene rings is 3. The minimum atomic E-state index is -0.533. The third-order valence-corrected chi connectivity index (χ3v) is 4.59. The van der Waals surface area contributed by atoms with Crippen LogP contribution in [0.3, 0.4) is 0 Å². The van der Waals surface area contributed by atoms with Gasteiger partial charge in [0.2, 0.25) is 0 Å². The molecule has 7 heteroatoms. The van der Waals surface area contributed by atoms with E-state index in [0.717, 1.165) is 11.1 Å². The smallest absolute Gasteiger partial charge is 0.410 e. The Bertz CT molecular complexity index is 1010. The van der Waals surface area contributed by atoms with Crippen LogP contribution in [-0.2, 0) is 24.3 Å². The fraction of sp³-hybridized carbons (Fsp3) is 0.174. The number of carbonyl (C=O) groups excluding carboxylic acids is 1. The zero-order valence-corrected chi connectivity index (χ0v) is 16.2. The molecule has 1 amide bonds. The van der Waals surface area contributed by atoms with E-state index in [1.807, 2.05) is 30.3 Å². The topological polar surface area (TPSA) is 110 Å². The lowest BCUT2D eigenvalue weighted by Gasteiger charge is -2.23. The van der Waals surface area contributed by atoms with Crippen LogP contribution in [0.15, 0.2) is 66.7 Å². The number of phenolic OH excluding ortho intramolecular Hbond substituents is 4. The molecule has 3 rings (SSSR count). The van der Waals surface area contributed by atoms with Crippen LogP contribution in [0.1, 0.15) is 16.7 Å². The zero-order valence-electron chi connectivity index (χ0n) is 16.2. The second-order valence-electron chi connectivity index (χ2n) is 6.86. The first-order chi connectivity index (χ1) is 14.4. The highest BCUT2D eigenvalue weighted by atomic mass is 16.6. The van der Waals surface area contributed by atoms with Crippen molar-refractivity contribution < 1.29 is 30.0 Å². The molecule has 3 aromatic rings. The minimum Gasteiger partial charge on any atom is -0.504 e. The van der Waals surface area contributed by atoms with Crippen LogP contribution in [-0.4, -0.2) is 38.0 Å². The van der Waals surface area contributed by atoms with Gasteiger partial charge in [-0.3, -0.25) is 0 Å². The number of ether oxygens (including phenoxy) is 1. The second-order valence-corrected chi connectivity index (χ2v) is 6.86. The van der Waals surface area contributed by atoms with Gasteiger partial charge >= 0.3 is 6.09 Å². The van der Waals surface area contributed by atoms with Gasteiger partial charge in [-0.05, 0) is 47.4 Å². The van der Waals surface area contributed by atoms with Crippen LogP contribution in [0.25, 0.3) is 0 Å². The summed E-state index contributed by atoms with van der Waals surface area (Å²) in [7, 11) is 0. The highest BCUT2D eigenvalue weighted by molar-refractivity contribution is 5.67. The summed E-state index contributed by atoms with van der Waals surface area (Å²) in [5, 5.41) is 38.4. The molecule has 30 heavy (non-hydrogen) atoms. The number of hydrogen-bond donors (Lipinski definition) is 4. The maximum absolute atomic E-state index is 12.7. The highest BCUT2D eigenvalue weighted by Crippen LogP contribution is 2.27. The molecule has 0 heterocycles. The van der Waals surface area contributed by atoms with Crippen LogP contribution in [0.2, 0.25) is 0 Å². The Hall–Kier alpha value is -3.87. The maximum Gasteiger partial charge on any atom is 0.410 e. The number of hydrogen-bond acceptors (Lipinski definition) is 6. The van der Waals surface area contributed by atoms with Crippen LogP contribution >= 0.6 is 0 Å². The molecule has 156 valence electrons. The Morgan fingerprint density at radius 1 is 0.733 bits per heavy atom. The zero-order chi connectivity index (χ0) is 21.5. The molecule has 0 fully saturated rings. The summed E-state index contributed by atoms with van der Waals surface area (Å²) in [4.78, 5) is 14.2. The van der Waals surface area contributed by atoms with E-state index in [9.17, 15) is 25.2 Å². The molecular formula is C23H23NO6. The van der Waals surface area contributed by atoms with Gasteiger partial charge in [0, 0.05) is 13.1 Å². The van der Waals surface area contributed by atoms with Crippen LogP contribution in [0, 0.1) is 0 Å². The first kappa shape index (κ1) is 20.9. The first-order valence-electron chi connectivity index (χ1n) is 9.39. The van der Waals surface area contributed by atoms with E-state index in [0.29, 0.717) is 12.0 Å². The minimum absolute atomic E-state index is 0.122. The molecule has 0 aliphatic heterocycles. The number of amides is 1. The van der Waals surface area contributed by atoms with Crippen molar-refractivity contribution in [3.8, 4) is 23.0 Å². The summed E-state index contributed by atoms with van der Waals surface area (Å²) in [5.74, 6) is -0.948. The molecule has 0 spiro atoms. The third kappa shape index (κ3) is 5.57. The lowest BCUT2D eigenvalue weighted by atomic mass is 10.1. The van der Waals surface area contributed by atoms with Gasteiger partial charge in [-0.1, -0.05) is 42.5 Å². The number of phenols is 4. The van der Waals surface area contributed by atoms with Crippen molar-refractivity contribution in [2.24, 2.45) is 0 Å². The van der Waals surface area contributed by atoms with Gasteiger partial charge in [0.1, 0.15) is 6.61 Å². The van der Waals surface area contributed by atoms with E-state index in [2.05, 4.69) is 0 Å². The van der Waals surface area contributed by atoms with Gasteiger partial charge in [0.05, 0.1) is 0 Å². The van der Waals surface area contributed by atoms with Crippen LogP contribution in [0.4, 0.5) is 4.79 Å². The molecular weight excluding hydrogens is 386 g/mol. The molecule has 7 nitrogen and oxygen atoms in total. The predicted octanol–water partition coefficient (Wildman–Crippen LogP) is 3.89. The Morgan fingerprint density at radius 3 is 1.97 bits per heavy atom. The fourth-order valence-electron chi connectivity index (χ4n) is 2.92. The molecule has 0 radical (unpaired) electrons. The van der Waals surface area contributed by atoms with Gasteiger partial charge in [-0.25, -0.2) is 4.79 Å². The highest BCUT2D eigenvalue weighted by Gasteiger charge is 2.17. The largest absolute Gasteiger partial charge is 0.504 e. The van der Waals surface area contributed by atoms with Crippen molar-refractivity contribution in [3.63, 3.8) is 0 Å². The molecule has 0 saturated heterocycles. The predicted molar refractivity (Wildman–Crippen MR) is 110 cm³/mol.